The molecular formula is C16H21F3N2O3S. The monoisotopic (exact) mass is 378 g/mol. The second-order valence-electron chi connectivity index (χ2n) is 6.04. The number of nitrogens with one attached hydrogen (secondary N) is 2. The summed E-state index contributed by atoms with van der Waals surface area (Å²) in [7, 11) is -4.35. The van der Waals surface area contributed by atoms with Crippen molar-refractivity contribution in [1.29, 1.82) is 0 Å². The van der Waals surface area contributed by atoms with Gasteiger partial charge in [0.1, 0.15) is 0 Å². The number of carbonyl (C=O) groups is 1. The van der Waals surface area contributed by atoms with Crippen LogP contribution in [0, 0.1) is 0 Å². The quantitative estimate of drug-likeness (QED) is 0.799. The van der Waals surface area contributed by atoms with Crippen LogP contribution in [0.1, 0.15) is 44.1 Å². The highest BCUT2D eigenvalue weighted by Gasteiger charge is 2.36. The van der Waals surface area contributed by atoms with Crippen molar-refractivity contribution in [2.45, 2.75) is 55.6 Å². The summed E-state index contributed by atoms with van der Waals surface area (Å²) < 4.78 is 65.1. The van der Waals surface area contributed by atoms with Crippen LogP contribution in [0.15, 0.2) is 29.2 Å². The molecule has 0 unspecified atom stereocenters. The van der Waals surface area contributed by atoms with Crippen molar-refractivity contribution in [2.24, 2.45) is 0 Å². The molecule has 2 N–H and O–H groups in total. The van der Waals surface area contributed by atoms with E-state index in [9.17, 15) is 26.4 Å². The molecule has 1 aliphatic rings. The Morgan fingerprint density at radius 2 is 1.76 bits per heavy atom. The van der Waals surface area contributed by atoms with E-state index in [1.165, 1.54) is 6.07 Å². The lowest BCUT2D eigenvalue weighted by atomic mass is 9.95. The highest BCUT2D eigenvalue weighted by atomic mass is 32.2. The zero-order chi connectivity index (χ0) is 18.5. The van der Waals surface area contributed by atoms with E-state index in [0.717, 1.165) is 44.2 Å². The van der Waals surface area contributed by atoms with Gasteiger partial charge in [-0.25, -0.2) is 13.1 Å². The molecule has 0 aromatic heterocycles. The van der Waals surface area contributed by atoms with E-state index in [-0.39, 0.29) is 24.9 Å². The topological polar surface area (TPSA) is 75.3 Å². The normalized spacial score (nSPS) is 16.6. The van der Waals surface area contributed by atoms with E-state index in [2.05, 4.69) is 10.0 Å². The molecule has 1 aromatic carbocycles. The molecule has 1 aromatic rings. The standard InChI is InChI=1S/C16H21F3N2O3S/c17-16(18,19)13-8-4-5-9-14(13)25(23,24)20-11-10-15(22)21-12-6-2-1-3-7-12/h4-5,8-9,12,20H,1-3,6-7,10-11H2,(H,21,22). The van der Waals surface area contributed by atoms with Gasteiger partial charge in [0.15, 0.2) is 0 Å². The first kappa shape index (κ1) is 19.7. The lowest BCUT2D eigenvalue weighted by Crippen LogP contribution is -2.38. The SMILES string of the molecule is O=C(CCNS(=O)(=O)c1ccccc1C(F)(F)F)NC1CCCCC1. The molecule has 1 fully saturated rings. The van der Waals surface area contributed by atoms with Gasteiger partial charge in [-0.2, -0.15) is 13.2 Å². The van der Waals surface area contributed by atoms with E-state index < -0.39 is 26.7 Å². The van der Waals surface area contributed by atoms with E-state index in [1.807, 2.05) is 0 Å². The Kier molecular flexibility index (Phi) is 6.45. The molecule has 0 atom stereocenters. The Morgan fingerprint density at radius 3 is 2.40 bits per heavy atom. The summed E-state index contributed by atoms with van der Waals surface area (Å²) in [5.74, 6) is -0.307. The van der Waals surface area contributed by atoms with Crippen molar-refractivity contribution in [3.8, 4) is 0 Å². The van der Waals surface area contributed by atoms with Gasteiger partial charge in [-0.1, -0.05) is 31.4 Å². The second kappa shape index (κ2) is 8.18. The predicted molar refractivity (Wildman–Crippen MR) is 86.3 cm³/mol. The summed E-state index contributed by atoms with van der Waals surface area (Å²) in [6, 6.07) is 4.06. The number of rotatable bonds is 6. The number of benzene rings is 1. The van der Waals surface area contributed by atoms with Gasteiger partial charge in [-0.05, 0) is 25.0 Å². The van der Waals surface area contributed by atoms with Crippen molar-refractivity contribution >= 4 is 15.9 Å². The maximum Gasteiger partial charge on any atom is 0.417 e. The van der Waals surface area contributed by atoms with Gasteiger partial charge >= 0.3 is 6.18 Å². The van der Waals surface area contributed by atoms with Crippen LogP contribution in [-0.2, 0) is 21.0 Å². The number of halogens is 3. The van der Waals surface area contributed by atoms with Crippen LogP contribution < -0.4 is 10.0 Å². The summed E-state index contributed by atoms with van der Waals surface area (Å²) in [4.78, 5) is 11.0. The van der Waals surface area contributed by atoms with E-state index in [1.54, 1.807) is 0 Å². The van der Waals surface area contributed by atoms with Crippen LogP contribution in [0.2, 0.25) is 0 Å². The molecule has 140 valence electrons. The number of hydrogen-bond donors (Lipinski definition) is 2. The Morgan fingerprint density at radius 1 is 1.12 bits per heavy atom. The van der Waals surface area contributed by atoms with Crippen LogP contribution in [0.25, 0.3) is 0 Å². The van der Waals surface area contributed by atoms with Crippen LogP contribution in [-0.4, -0.2) is 26.9 Å². The van der Waals surface area contributed by atoms with Gasteiger partial charge in [0.2, 0.25) is 15.9 Å². The Hall–Kier alpha value is -1.61. The Bertz CT molecular complexity index is 699. The van der Waals surface area contributed by atoms with Gasteiger partial charge in [0.05, 0.1) is 10.5 Å². The zero-order valence-corrected chi connectivity index (χ0v) is 14.4. The molecule has 0 spiro atoms. The fraction of sp³-hybridized carbons (Fsp3) is 0.562. The fourth-order valence-corrected chi connectivity index (χ4v) is 4.12. The average Bonchev–Trinajstić information content (AvgIpc) is 2.55. The number of carbonyl (C=O) groups excluding carboxylic acids is 1. The fourth-order valence-electron chi connectivity index (χ4n) is 2.86. The minimum absolute atomic E-state index is 0.101. The van der Waals surface area contributed by atoms with Gasteiger partial charge < -0.3 is 5.32 Å². The van der Waals surface area contributed by atoms with Gasteiger partial charge in [0, 0.05) is 19.0 Å². The van der Waals surface area contributed by atoms with Crippen LogP contribution in [0.5, 0.6) is 0 Å². The molecule has 1 aliphatic carbocycles. The Balaban J connectivity index is 1.93. The van der Waals surface area contributed by atoms with Crippen molar-refractivity contribution in [3.63, 3.8) is 0 Å². The highest BCUT2D eigenvalue weighted by molar-refractivity contribution is 7.89. The highest BCUT2D eigenvalue weighted by Crippen LogP contribution is 2.33. The predicted octanol–water partition coefficient (Wildman–Crippen LogP) is 2.82. The maximum atomic E-state index is 12.9. The van der Waals surface area contributed by atoms with Gasteiger partial charge in [0.25, 0.3) is 0 Å². The van der Waals surface area contributed by atoms with Gasteiger partial charge in [-0.3, -0.25) is 4.79 Å². The molecule has 1 amide bonds. The van der Waals surface area contributed by atoms with E-state index >= 15 is 0 Å². The third kappa shape index (κ3) is 5.71. The van der Waals surface area contributed by atoms with Crippen molar-refractivity contribution in [3.05, 3.63) is 29.8 Å². The largest absolute Gasteiger partial charge is 0.417 e. The number of amides is 1. The summed E-state index contributed by atoms with van der Waals surface area (Å²) >= 11 is 0. The smallest absolute Gasteiger partial charge is 0.353 e. The number of alkyl halides is 3. The Labute approximate surface area is 145 Å². The zero-order valence-electron chi connectivity index (χ0n) is 13.6. The first-order valence-corrected chi connectivity index (χ1v) is 9.64. The van der Waals surface area contributed by atoms with Crippen LogP contribution in [0.4, 0.5) is 13.2 Å². The van der Waals surface area contributed by atoms with Crippen molar-refractivity contribution < 1.29 is 26.4 Å². The first-order chi connectivity index (χ1) is 11.7. The van der Waals surface area contributed by atoms with Crippen molar-refractivity contribution in [2.75, 3.05) is 6.54 Å². The van der Waals surface area contributed by atoms with Crippen molar-refractivity contribution in [1.82, 2.24) is 10.0 Å². The first-order valence-electron chi connectivity index (χ1n) is 8.15. The molecule has 0 radical (unpaired) electrons. The molecule has 5 nitrogen and oxygen atoms in total. The lowest BCUT2D eigenvalue weighted by molar-refractivity contribution is -0.139. The van der Waals surface area contributed by atoms with Gasteiger partial charge in [-0.15, -0.1) is 0 Å². The maximum absolute atomic E-state index is 12.9. The van der Waals surface area contributed by atoms with E-state index in [0.29, 0.717) is 6.07 Å². The minimum atomic E-state index is -4.77. The average molecular weight is 378 g/mol. The number of sulfonamides is 1. The second-order valence-corrected chi connectivity index (χ2v) is 7.78. The molecule has 9 heteroatoms. The molecule has 25 heavy (non-hydrogen) atoms. The third-order valence-corrected chi connectivity index (χ3v) is 5.62. The lowest BCUT2D eigenvalue weighted by Gasteiger charge is -2.22. The summed E-state index contributed by atoms with van der Waals surface area (Å²) in [6.45, 7) is -0.257. The molecule has 0 aliphatic heterocycles. The molecular weight excluding hydrogens is 357 g/mol. The number of hydrogen-bond acceptors (Lipinski definition) is 3. The third-order valence-electron chi connectivity index (χ3n) is 4.10. The summed E-state index contributed by atoms with van der Waals surface area (Å²) in [6.07, 6.45) is 0.142. The summed E-state index contributed by atoms with van der Waals surface area (Å²) in [5.41, 5.74) is -1.23. The molecule has 1 saturated carbocycles. The molecule has 0 heterocycles. The van der Waals surface area contributed by atoms with Crippen LogP contribution in [0.3, 0.4) is 0 Å². The van der Waals surface area contributed by atoms with E-state index in [4.69, 9.17) is 0 Å². The minimum Gasteiger partial charge on any atom is -0.353 e. The molecule has 0 bridgehead atoms. The molecule has 2 rings (SSSR count). The van der Waals surface area contributed by atoms with Crippen LogP contribution >= 0.6 is 0 Å². The molecule has 0 saturated heterocycles. The summed E-state index contributed by atoms with van der Waals surface area (Å²) in [5, 5.41) is 2.83.